The first-order valence-corrected chi connectivity index (χ1v) is 5.07. The van der Waals surface area contributed by atoms with Crippen molar-refractivity contribution in [1.82, 2.24) is 15.1 Å². The molecule has 1 amide bonds. The van der Waals surface area contributed by atoms with Gasteiger partial charge in [-0.15, -0.1) is 0 Å². The Kier molecular flexibility index (Phi) is 3.79. The van der Waals surface area contributed by atoms with E-state index in [0.29, 0.717) is 13.1 Å². The minimum atomic E-state index is -0.997. The van der Waals surface area contributed by atoms with Gasteiger partial charge in [0.2, 0.25) is 5.91 Å². The van der Waals surface area contributed by atoms with Crippen LogP contribution in [0.1, 0.15) is 13.8 Å². The van der Waals surface area contributed by atoms with E-state index in [1.54, 1.807) is 13.8 Å². The van der Waals surface area contributed by atoms with Crippen molar-refractivity contribution in [3.8, 4) is 0 Å². The minimum absolute atomic E-state index is 0.148. The molecule has 0 radical (unpaired) electrons. The first kappa shape index (κ1) is 13.1. The Morgan fingerprint density at radius 1 is 1.71 bits per heavy atom. The van der Waals surface area contributed by atoms with Crippen LogP contribution in [-0.4, -0.2) is 33.7 Å². The van der Waals surface area contributed by atoms with Gasteiger partial charge in [-0.25, -0.2) is 0 Å². The molecule has 0 bridgehead atoms. The monoisotopic (exact) mass is 241 g/mol. The number of carbonyl (C=O) groups is 1. The van der Waals surface area contributed by atoms with Gasteiger partial charge in [0.1, 0.15) is 17.9 Å². The van der Waals surface area contributed by atoms with Crippen molar-refractivity contribution in [2.45, 2.75) is 19.4 Å². The van der Waals surface area contributed by atoms with Crippen molar-refractivity contribution in [3.63, 3.8) is 0 Å². The lowest BCUT2D eigenvalue weighted by Gasteiger charge is -2.23. The van der Waals surface area contributed by atoms with Crippen LogP contribution in [0.4, 0.5) is 5.69 Å². The Balaban J connectivity index is 2.87. The van der Waals surface area contributed by atoms with E-state index >= 15 is 0 Å². The van der Waals surface area contributed by atoms with Crippen LogP contribution in [0.3, 0.4) is 0 Å². The Morgan fingerprint density at radius 2 is 2.35 bits per heavy atom. The zero-order chi connectivity index (χ0) is 13.1. The number of amides is 1. The molecule has 3 N–H and O–H groups in total. The average molecular weight is 241 g/mol. The molecule has 0 unspecified atom stereocenters. The van der Waals surface area contributed by atoms with Crippen molar-refractivity contribution >= 4 is 11.6 Å². The highest BCUT2D eigenvalue weighted by Gasteiger charge is 2.31. The third-order valence-electron chi connectivity index (χ3n) is 2.34. The minimum Gasteiger partial charge on any atom is -0.353 e. The number of hydrogen-bond donors (Lipinski definition) is 2. The lowest BCUT2D eigenvalue weighted by atomic mass is 10.1. The first-order chi connectivity index (χ1) is 7.89. The number of nitro groups is 1. The molecule has 0 aromatic carbocycles. The molecule has 1 rings (SSSR count). The summed E-state index contributed by atoms with van der Waals surface area (Å²) < 4.78 is 1.26. The maximum absolute atomic E-state index is 11.8. The second-order valence-electron chi connectivity index (χ2n) is 4.00. The maximum Gasteiger partial charge on any atom is 0.307 e. The van der Waals surface area contributed by atoms with Crippen LogP contribution in [0.25, 0.3) is 0 Å². The van der Waals surface area contributed by atoms with Crippen LogP contribution < -0.4 is 11.1 Å². The lowest BCUT2D eigenvalue weighted by molar-refractivity contribution is -0.385. The molecule has 0 aliphatic rings. The van der Waals surface area contributed by atoms with Gasteiger partial charge >= 0.3 is 5.69 Å². The van der Waals surface area contributed by atoms with E-state index in [1.165, 1.54) is 10.9 Å². The van der Waals surface area contributed by atoms with Crippen molar-refractivity contribution in [2.75, 3.05) is 13.1 Å². The van der Waals surface area contributed by atoms with E-state index in [4.69, 9.17) is 5.73 Å². The number of nitrogens with two attached hydrogens (primary N) is 1. The molecule has 0 atom stereocenters. The fourth-order valence-electron chi connectivity index (χ4n) is 1.22. The number of hydrogen-bond acceptors (Lipinski definition) is 5. The third-order valence-corrected chi connectivity index (χ3v) is 2.34. The summed E-state index contributed by atoms with van der Waals surface area (Å²) in [6, 6.07) is 0. The smallest absolute Gasteiger partial charge is 0.307 e. The van der Waals surface area contributed by atoms with E-state index in [2.05, 4.69) is 10.4 Å². The molecule has 17 heavy (non-hydrogen) atoms. The van der Waals surface area contributed by atoms with Gasteiger partial charge in [0, 0.05) is 13.1 Å². The number of aromatic nitrogens is 2. The highest BCUT2D eigenvalue weighted by atomic mass is 16.6. The summed E-state index contributed by atoms with van der Waals surface area (Å²) in [6.45, 7) is 3.93. The molecule has 1 heterocycles. The summed E-state index contributed by atoms with van der Waals surface area (Å²) in [4.78, 5) is 21.8. The standard InChI is InChI=1S/C9H15N5O3/c1-9(2,8(15)11-4-3-10)13-6-7(5-12-13)14(16)17/h5-6H,3-4,10H2,1-2H3,(H,11,15). The normalized spacial score (nSPS) is 11.2. The van der Waals surface area contributed by atoms with E-state index in [-0.39, 0.29) is 11.6 Å². The highest BCUT2D eigenvalue weighted by molar-refractivity contribution is 5.83. The molecule has 8 heteroatoms. The van der Waals surface area contributed by atoms with Crippen LogP contribution in [0.5, 0.6) is 0 Å². The van der Waals surface area contributed by atoms with Crippen molar-refractivity contribution in [2.24, 2.45) is 5.73 Å². The maximum atomic E-state index is 11.8. The van der Waals surface area contributed by atoms with Crippen LogP contribution in [0.2, 0.25) is 0 Å². The van der Waals surface area contributed by atoms with Crippen molar-refractivity contribution in [3.05, 3.63) is 22.5 Å². The Hall–Kier alpha value is -1.96. The van der Waals surface area contributed by atoms with Gasteiger partial charge in [-0.3, -0.25) is 19.6 Å². The molecule has 1 aromatic heterocycles. The van der Waals surface area contributed by atoms with Gasteiger partial charge in [-0.05, 0) is 13.8 Å². The molecule has 8 nitrogen and oxygen atoms in total. The van der Waals surface area contributed by atoms with Gasteiger partial charge in [0.05, 0.1) is 4.92 Å². The summed E-state index contributed by atoms with van der Waals surface area (Å²) in [5.41, 5.74) is 4.13. The van der Waals surface area contributed by atoms with E-state index in [0.717, 1.165) is 6.20 Å². The summed E-state index contributed by atoms with van der Waals surface area (Å²) >= 11 is 0. The predicted molar refractivity (Wildman–Crippen MR) is 60.3 cm³/mol. The number of rotatable bonds is 5. The molecule has 0 aliphatic carbocycles. The zero-order valence-corrected chi connectivity index (χ0v) is 9.71. The second kappa shape index (κ2) is 4.91. The third kappa shape index (κ3) is 2.78. The lowest BCUT2D eigenvalue weighted by Crippen LogP contribution is -2.46. The summed E-state index contributed by atoms with van der Waals surface area (Å²) in [5, 5.41) is 17.0. The largest absolute Gasteiger partial charge is 0.353 e. The molecule has 0 saturated carbocycles. The van der Waals surface area contributed by atoms with E-state index < -0.39 is 10.5 Å². The van der Waals surface area contributed by atoms with Gasteiger partial charge in [0.15, 0.2) is 0 Å². The molecule has 0 fully saturated rings. The fraction of sp³-hybridized carbons (Fsp3) is 0.556. The van der Waals surface area contributed by atoms with Crippen LogP contribution >= 0.6 is 0 Å². The Morgan fingerprint density at radius 3 is 2.82 bits per heavy atom. The molecule has 0 aliphatic heterocycles. The highest BCUT2D eigenvalue weighted by Crippen LogP contribution is 2.18. The summed E-state index contributed by atoms with van der Waals surface area (Å²) in [5.74, 6) is -0.291. The SMILES string of the molecule is CC(C)(C(=O)NCCN)n1cc([N+](=O)[O-])cn1. The average Bonchev–Trinajstić information content (AvgIpc) is 2.75. The van der Waals surface area contributed by atoms with Crippen LogP contribution in [0.15, 0.2) is 12.4 Å². The number of nitrogens with one attached hydrogen (secondary N) is 1. The van der Waals surface area contributed by atoms with Gasteiger partial charge in [-0.1, -0.05) is 0 Å². The van der Waals surface area contributed by atoms with Crippen molar-refractivity contribution < 1.29 is 9.72 Å². The Labute approximate surface area is 97.9 Å². The fourth-order valence-corrected chi connectivity index (χ4v) is 1.22. The quantitative estimate of drug-likeness (QED) is 0.537. The van der Waals surface area contributed by atoms with Crippen LogP contribution in [-0.2, 0) is 10.3 Å². The Bertz CT molecular complexity index is 426. The van der Waals surface area contributed by atoms with Crippen LogP contribution in [0, 0.1) is 10.1 Å². The van der Waals surface area contributed by atoms with E-state index in [9.17, 15) is 14.9 Å². The molecule has 0 saturated heterocycles. The number of carbonyl (C=O) groups excluding carboxylic acids is 1. The molecule has 1 aromatic rings. The summed E-state index contributed by atoms with van der Waals surface area (Å²) in [7, 11) is 0. The zero-order valence-electron chi connectivity index (χ0n) is 9.71. The topological polar surface area (TPSA) is 116 Å². The first-order valence-electron chi connectivity index (χ1n) is 5.07. The summed E-state index contributed by atoms with van der Waals surface area (Å²) in [6.07, 6.45) is 2.33. The second-order valence-corrected chi connectivity index (χ2v) is 4.00. The van der Waals surface area contributed by atoms with Gasteiger partial charge < -0.3 is 11.1 Å². The van der Waals surface area contributed by atoms with Crippen molar-refractivity contribution in [1.29, 1.82) is 0 Å². The van der Waals surface area contributed by atoms with Gasteiger partial charge in [0.25, 0.3) is 0 Å². The van der Waals surface area contributed by atoms with E-state index in [1.807, 2.05) is 0 Å². The molecule has 0 spiro atoms. The predicted octanol–water partition coefficient (Wildman–Crippen LogP) is -0.399. The number of nitrogens with zero attached hydrogens (tertiary/aromatic N) is 3. The molecular formula is C9H15N5O3. The molecule has 94 valence electrons. The molecular weight excluding hydrogens is 226 g/mol. The van der Waals surface area contributed by atoms with Gasteiger partial charge in [-0.2, -0.15) is 5.10 Å².